The lowest BCUT2D eigenvalue weighted by Crippen LogP contribution is -2.37. The van der Waals surface area contributed by atoms with Crippen LogP contribution in [0.15, 0.2) is 97.3 Å². The van der Waals surface area contributed by atoms with Crippen molar-refractivity contribution in [2.24, 2.45) is 0 Å². The molecule has 2 aromatic heterocycles. The van der Waals surface area contributed by atoms with Crippen LogP contribution in [0.4, 0.5) is 0 Å². The molecule has 0 fully saturated rings. The number of carbonyl (C=O) groups excluding carboxylic acids is 1. The molecule has 0 spiro atoms. The quantitative estimate of drug-likeness (QED) is 0.315. The van der Waals surface area contributed by atoms with Crippen LogP contribution >= 0.6 is 0 Å². The maximum atomic E-state index is 12.9. The predicted molar refractivity (Wildman–Crippen MR) is 147 cm³/mol. The summed E-state index contributed by atoms with van der Waals surface area (Å²) in [6, 6.07) is 28.4. The zero-order valence-electron chi connectivity index (χ0n) is 21.2. The van der Waals surface area contributed by atoms with Crippen LogP contribution in [0.3, 0.4) is 0 Å². The molecule has 3 aromatic carbocycles. The lowest BCUT2D eigenvalue weighted by Gasteiger charge is -2.21. The molecule has 1 atom stereocenters. The van der Waals surface area contributed by atoms with E-state index in [0.717, 1.165) is 22.2 Å². The van der Waals surface area contributed by atoms with Crippen molar-refractivity contribution in [3.8, 4) is 0 Å². The number of carbonyl (C=O) groups is 1. The number of benzene rings is 3. The highest BCUT2D eigenvalue weighted by Crippen LogP contribution is 2.22. The predicted octanol–water partition coefficient (Wildman–Crippen LogP) is 5.20. The number of aryl methyl sites for hydroxylation is 2. The Labute approximate surface area is 216 Å². The van der Waals surface area contributed by atoms with Gasteiger partial charge < -0.3 is 14.5 Å². The molecule has 0 saturated heterocycles. The number of fused-ring (bicyclic) bond motifs is 1. The first-order valence-electron chi connectivity index (χ1n) is 12.5. The third-order valence-electron chi connectivity index (χ3n) is 6.76. The number of aromatic nitrogens is 3. The van der Waals surface area contributed by atoms with Crippen LogP contribution in [0.2, 0.25) is 0 Å². The van der Waals surface area contributed by atoms with Crippen LogP contribution in [-0.4, -0.2) is 26.6 Å². The number of nitrogens with one attached hydrogen (secondary N) is 2. The minimum atomic E-state index is -0.169. The highest BCUT2D eigenvalue weighted by molar-refractivity contribution is 5.93. The maximum Gasteiger partial charge on any atom is 0.252 e. The zero-order valence-corrected chi connectivity index (χ0v) is 21.2. The molecule has 2 heterocycles. The molecule has 0 aliphatic heterocycles. The topological polar surface area (TPSA) is 75.7 Å². The molecule has 2 N–H and O–H groups in total. The largest absolute Gasteiger partial charge is 0.350 e. The molecule has 6 nitrogen and oxygen atoms in total. The molecule has 5 rings (SSSR count). The highest BCUT2D eigenvalue weighted by atomic mass is 16.1. The number of pyridine rings is 1. The summed E-state index contributed by atoms with van der Waals surface area (Å²) >= 11 is 0. The van der Waals surface area contributed by atoms with Gasteiger partial charge in [0.2, 0.25) is 5.62 Å². The summed E-state index contributed by atoms with van der Waals surface area (Å²) in [5.41, 5.74) is 7.64. The second-order valence-electron chi connectivity index (χ2n) is 9.55. The number of nitrogens with zero attached hydrogens (tertiary/aromatic N) is 3. The summed E-state index contributed by atoms with van der Waals surface area (Å²) < 4.78 is 4.11. The first-order chi connectivity index (χ1) is 18.0. The van der Waals surface area contributed by atoms with Crippen molar-refractivity contribution in [2.75, 3.05) is 6.54 Å². The fourth-order valence-corrected chi connectivity index (χ4v) is 4.72. The second-order valence-corrected chi connectivity index (χ2v) is 9.55. The molecule has 1 amide bonds. The van der Waals surface area contributed by atoms with E-state index < -0.39 is 0 Å². The van der Waals surface area contributed by atoms with Gasteiger partial charge in [0.1, 0.15) is 0 Å². The van der Waals surface area contributed by atoms with Crippen molar-refractivity contribution in [1.82, 2.24) is 19.4 Å². The van der Waals surface area contributed by atoms with E-state index in [-0.39, 0.29) is 11.9 Å². The lowest BCUT2D eigenvalue weighted by atomic mass is 10.0. The van der Waals surface area contributed by atoms with Crippen LogP contribution in [0.5, 0.6) is 0 Å². The molecule has 186 valence electrons. The standard InChI is InChI=1S/C31H31N5O/c1-22-9-13-24(14-10-22)18-27(20-34-30(37)26-6-5-17-33-19-26)36-29-8-4-3-7-28(29)35(31(36)32)21-25-15-11-23(2)12-16-25/h3-17,19,27,32H,18,20-21H2,1-2H3,(H,34,37)/t27-/m0/s1. The van der Waals surface area contributed by atoms with Gasteiger partial charge in [-0.3, -0.25) is 15.2 Å². The molecule has 6 heteroatoms. The van der Waals surface area contributed by atoms with Crippen LogP contribution in [0, 0.1) is 19.3 Å². The van der Waals surface area contributed by atoms with E-state index in [1.807, 2.05) is 16.7 Å². The summed E-state index contributed by atoms with van der Waals surface area (Å²) in [5, 5.41) is 12.3. The molecule has 0 aliphatic rings. The fourth-order valence-electron chi connectivity index (χ4n) is 4.72. The van der Waals surface area contributed by atoms with E-state index in [2.05, 4.69) is 89.4 Å². The number of hydrogen-bond acceptors (Lipinski definition) is 3. The average molecular weight is 490 g/mol. The number of imidazole rings is 1. The monoisotopic (exact) mass is 489 g/mol. The van der Waals surface area contributed by atoms with Crippen molar-refractivity contribution in [3.63, 3.8) is 0 Å². The summed E-state index contributed by atoms with van der Waals surface area (Å²) in [5.74, 6) is -0.169. The number of para-hydroxylation sites is 2. The van der Waals surface area contributed by atoms with E-state index in [9.17, 15) is 10.2 Å². The van der Waals surface area contributed by atoms with E-state index in [0.29, 0.717) is 30.7 Å². The van der Waals surface area contributed by atoms with Crippen molar-refractivity contribution in [2.45, 2.75) is 32.9 Å². The normalized spacial score (nSPS) is 11.9. The number of amides is 1. The van der Waals surface area contributed by atoms with E-state index >= 15 is 0 Å². The Balaban J connectivity index is 1.54. The first-order valence-corrected chi connectivity index (χ1v) is 12.5. The summed E-state index contributed by atoms with van der Waals surface area (Å²) in [4.78, 5) is 17.0. The Hall–Kier alpha value is -4.45. The van der Waals surface area contributed by atoms with Gasteiger partial charge in [-0.1, -0.05) is 71.8 Å². The van der Waals surface area contributed by atoms with Gasteiger partial charge in [0.15, 0.2) is 0 Å². The van der Waals surface area contributed by atoms with Crippen LogP contribution in [0.1, 0.15) is 38.7 Å². The van der Waals surface area contributed by atoms with Crippen molar-refractivity contribution in [3.05, 3.63) is 131 Å². The lowest BCUT2D eigenvalue weighted by molar-refractivity contribution is 0.0947. The zero-order chi connectivity index (χ0) is 25.8. The van der Waals surface area contributed by atoms with E-state index in [1.54, 1.807) is 24.5 Å². The maximum absolute atomic E-state index is 12.9. The molecule has 0 unspecified atom stereocenters. The Morgan fingerprint density at radius 2 is 1.51 bits per heavy atom. The van der Waals surface area contributed by atoms with E-state index in [1.165, 1.54) is 11.1 Å². The Kier molecular flexibility index (Phi) is 6.99. The Bertz CT molecular complexity index is 1560. The number of rotatable bonds is 8. The van der Waals surface area contributed by atoms with Gasteiger partial charge in [-0.25, -0.2) is 0 Å². The smallest absolute Gasteiger partial charge is 0.252 e. The SMILES string of the molecule is Cc1ccc(C[C@@H](CNC(=O)c2cccnc2)n2c(=N)n(Cc3ccc(C)cc3)c3ccccc32)cc1. The molecule has 0 bridgehead atoms. The average Bonchev–Trinajstić information content (AvgIpc) is 3.20. The first kappa shape index (κ1) is 24.3. The summed E-state index contributed by atoms with van der Waals surface area (Å²) in [6.45, 7) is 5.14. The second kappa shape index (κ2) is 10.7. The van der Waals surface area contributed by atoms with Gasteiger partial charge in [-0.2, -0.15) is 0 Å². The Morgan fingerprint density at radius 3 is 2.16 bits per heavy atom. The highest BCUT2D eigenvalue weighted by Gasteiger charge is 2.21. The minimum absolute atomic E-state index is 0.153. The fraction of sp³-hybridized carbons (Fsp3) is 0.194. The molecule has 5 aromatic rings. The third kappa shape index (κ3) is 5.38. The molecule has 0 aliphatic carbocycles. The molecular formula is C31H31N5O. The van der Waals surface area contributed by atoms with Crippen molar-refractivity contribution < 1.29 is 4.79 Å². The van der Waals surface area contributed by atoms with Gasteiger partial charge in [0, 0.05) is 18.9 Å². The van der Waals surface area contributed by atoms with Gasteiger partial charge in [-0.15, -0.1) is 0 Å². The molecule has 37 heavy (non-hydrogen) atoms. The molecular weight excluding hydrogens is 458 g/mol. The van der Waals surface area contributed by atoms with Gasteiger partial charge in [0.05, 0.1) is 29.2 Å². The van der Waals surface area contributed by atoms with Gasteiger partial charge in [0.25, 0.3) is 5.91 Å². The van der Waals surface area contributed by atoms with E-state index in [4.69, 9.17) is 0 Å². The van der Waals surface area contributed by atoms with Gasteiger partial charge in [-0.05, 0) is 55.7 Å². The summed E-state index contributed by atoms with van der Waals surface area (Å²) in [6.07, 6.45) is 3.91. The van der Waals surface area contributed by atoms with Gasteiger partial charge >= 0.3 is 0 Å². The number of hydrogen-bond donors (Lipinski definition) is 2. The van der Waals surface area contributed by atoms with Crippen LogP contribution in [-0.2, 0) is 13.0 Å². The van der Waals surface area contributed by atoms with Crippen molar-refractivity contribution >= 4 is 16.9 Å². The van der Waals surface area contributed by atoms with Crippen LogP contribution in [0.25, 0.3) is 11.0 Å². The summed E-state index contributed by atoms with van der Waals surface area (Å²) in [7, 11) is 0. The Morgan fingerprint density at radius 1 is 0.865 bits per heavy atom. The minimum Gasteiger partial charge on any atom is -0.350 e. The third-order valence-corrected chi connectivity index (χ3v) is 6.76. The molecule has 0 saturated carbocycles. The van der Waals surface area contributed by atoms with Crippen molar-refractivity contribution in [1.29, 1.82) is 5.41 Å². The van der Waals surface area contributed by atoms with Crippen LogP contribution < -0.4 is 10.9 Å². The molecule has 0 radical (unpaired) electrons.